The Kier molecular flexibility index (Phi) is 9.07. The Morgan fingerprint density at radius 3 is 0.969 bits per heavy atom. The van der Waals surface area contributed by atoms with Gasteiger partial charge in [0.15, 0.2) is 0 Å². The Labute approximate surface area is 196 Å². The van der Waals surface area contributed by atoms with E-state index in [2.05, 4.69) is 91.6 Å². The lowest BCUT2D eigenvalue weighted by molar-refractivity contribution is 0.449. The average molecular weight is 440 g/mol. The molecule has 2 rings (SSSR count). The second-order valence-corrected chi connectivity index (χ2v) is 9.74. The van der Waals surface area contributed by atoms with Crippen LogP contribution in [0.2, 0.25) is 0 Å². The number of phenols is 2. The van der Waals surface area contributed by atoms with Gasteiger partial charge in [-0.1, -0.05) is 55.4 Å². The third-order valence-electron chi connectivity index (χ3n) is 7.66. The van der Waals surface area contributed by atoms with E-state index in [-0.39, 0.29) is 23.7 Å². The Morgan fingerprint density at radius 1 is 0.562 bits per heavy atom. The van der Waals surface area contributed by atoms with Crippen molar-refractivity contribution < 1.29 is 10.2 Å². The summed E-state index contributed by atoms with van der Waals surface area (Å²) in [6, 6.07) is 8.59. The zero-order chi connectivity index (χ0) is 24.2. The topological polar surface area (TPSA) is 43.7 Å². The van der Waals surface area contributed by atoms with Gasteiger partial charge in [-0.05, 0) is 95.9 Å². The highest BCUT2D eigenvalue weighted by atomic mass is 16.3. The van der Waals surface area contributed by atoms with Crippen LogP contribution in [-0.4, -0.2) is 17.3 Å². The summed E-state index contributed by atoms with van der Waals surface area (Å²) >= 11 is 0. The zero-order valence-electron chi connectivity index (χ0n) is 21.8. The molecular weight excluding hydrogens is 394 g/mol. The number of aromatic hydroxyl groups is 2. The van der Waals surface area contributed by atoms with Crippen molar-refractivity contribution >= 4 is 11.4 Å². The van der Waals surface area contributed by atoms with E-state index < -0.39 is 0 Å². The molecular formula is C29H45NO2. The fraction of sp³-hybridized carbons (Fsp3) is 0.586. The Morgan fingerprint density at radius 2 is 0.781 bits per heavy atom. The highest BCUT2D eigenvalue weighted by Crippen LogP contribution is 2.43. The first kappa shape index (κ1) is 26.1. The molecule has 0 bridgehead atoms. The van der Waals surface area contributed by atoms with Crippen LogP contribution >= 0.6 is 0 Å². The molecule has 178 valence electrons. The smallest absolute Gasteiger partial charge is 0.122 e. The minimum Gasteiger partial charge on any atom is -0.507 e. The standard InChI is InChI=1S/C29H45NO2/c1-10-18(5)24-14-22(15-25(28(24)31)19(6)11-2)30(9)23-16-26(20(7)12-3)29(32)27(17-23)21(8)13-4/h14-21,31-32H,10-13H2,1-9H3. The molecule has 0 spiro atoms. The molecule has 0 radical (unpaired) electrons. The average Bonchev–Trinajstić information content (AvgIpc) is 2.81. The van der Waals surface area contributed by atoms with Gasteiger partial charge in [0.1, 0.15) is 11.5 Å². The van der Waals surface area contributed by atoms with Gasteiger partial charge in [0.2, 0.25) is 0 Å². The van der Waals surface area contributed by atoms with E-state index in [1.54, 1.807) is 0 Å². The molecule has 0 aliphatic rings. The van der Waals surface area contributed by atoms with E-state index in [1.807, 2.05) is 0 Å². The highest BCUT2D eigenvalue weighted by Gasteiger charge is 2.22. The lowest BCUT2D eigenvalue weighted by Crippen LogP contribution is -2.13. The van der Waals surface area contributed by atoms with Gasteiger partial charge >= 0.3 is 0 Å². The number of anilines is 2. The molecule has 4 atom stereocenters. The van der Waals surface area contributed by atoms with Crippen LogP contribution in [0.5, 0.6) is 11.5 Å². The second kappa shape index (κ2) is 11.1. The molecule has 0 saturated heterocycles. The molecule has 0 amide bonds. The van der Waals surface area contributed by atoms with Crippen molar-refractivity contribution in [1.29, 1.82) is 0 Å². The monoisotopic (exact) mass is 439 g/mol. The van der Waals surface area contributed by atoms with Crippen LogP contribution < -0.4 is 4.90 Å². The van der Waals surface area contributed by atoms with Crippen molar-refractivity contribution in [3.05, 3.63) is 46.5 Å². The van der Waals surface area contributed by atoms with Gasteiger partial charge in [-0.15, -0.1) is 0 Å². The quantitative estimate of drug-likeness (QED) is 0.388. The molecule has 0 aromatic heterocycles. The maximum Gasteiger partial charge on any atom is 0.122 e. The Balaban J connectivity index is 2.71. The molecule has 3 heteroatoms. The molecule has 2 N–H and O–H groups in total. The van der Waals surface area contributed by atoms with Gasteiger partial charge in [0, 0.05) is 18.4 Å². The van der Waals surface area contributed by atoms with Gasteiger partial charge in [-0.2, -0.15) is 0 Å². The second-order valence-electron chi connectivity index (χ2n) is 9.74. The molecule has 3 nitrogen and oxygen atoms in total. The van der Waals surface area contributed by atoms with Crippen LogP contribution in [0.25, 0.3) is 0 Å². The molecule has 32 heavy (non-hydrogen) atoms. The summed E-state index contributed by atoms with van der Waals surface area (Å²) in [4.78, 5) is 2.22. The summed E-state index contributed by atoms with van der Waals surface area (Å²) in [6.45, 7) is 17.4. The number of hydrogen-bond acceptors (Lipinski definition) is 3. The third-order valence-corrected chi connectivity index (χ3v) is 7.66. The maximum absolute atomic E-state index is 11.1. The highest BCUT2D eigenvalue weighted by molar-refractivity contribution is 5.70. The third kappa shape index (κ3) is 5.24. The van der Waals surface area contributed by atoms with Crippen LogP contribution in [0.1, 0.15) is 127 Å². The summed E-state index contributed by atoms with van der Waals surface area (Å²) in [5, 5.41) is 22.1. The van der Waals surface area contributed by atoms with Gasteiger partial charge in [0.05, 0.1) is 0 Å². The first-order valence-corrected chi connectivity index (χ1v) is 12.6. The lowest BCUT2D eigenvalue weighted by atomic mass is 9.88. The minimum absolute atomic E-state index is 0.289. The maximum atomic E-state index is 11.1. The molecule has 2 aromatic rings. The zero-order valence-corrected chi connectivity index (χ0v) is 21.8. The summed E-state index contributed by atoms with van der Waals surface area (Å²) in [7, 11) is 2.10. The van der Waals surface area contributed by atoms with E-state index in [9.17, 15) is 10.2 Å². The molecule has 2 aromatic carbocycles. The van der Waals surface area contributed by atoms with E-state index >= 15 is 0 Å². The lowest BCUT2D eigenvalue weighted by Gasteiger charge is -2.28. The number of phenolic OH excluding ortho intramolecular Hbond substituents is 2. The fourth-order valence-electron chi connectivity index (χ4n) is 4.25. The Hall–Kier alpha value is -2.16. The van der Waals surface area contributed by atoms with E-state index in [4.69, 9.17) is 0 Å². The predicted molar refractivity (Wildman–Crippen MR) is 139 cm³/mol. The minimum atomic E-state index is 0.289. The predicted octanol–water partition coefficient (Wildman–Crippen LogP) is 8.92. The first-order valence-electron chi connectivity index (χ1n) is 12.6. The fourth-order valence-corrected chi connectivity index (χ4v) is 4.25. The van der Waals surface area contributed by atoms with Crippen molar-refractivity contribution in [2.75, 3.05) is 11.9 Å². The number of hydrogen-bond donors (Lipinski definition) is 2. The van der Waals surface area contributed by atoms with E-state index in [0.717, 1.165) is 59.3 Å². The van der Waals surface area contributed by atoms with Crippen LogP contribution in [0.4, 0.5) is 11.4 Å². The van der Waals surface area contributed by atoms with Crippen LogP contribution in [0.15, 0.2) is 24.3 Å². The van der Waals surface area contributed by atoms with E-state index in [1.165, 1.54) is 0 Å². The molecule has 0 aliphatic carbocycles. The summed E-state index contributed by atoms with van der Waals surface area (Å²) in [6.07, 6.45) is 3.93. The van der Waals surface area contributed by atoms with Gasteiger partial charge in [0.25, 0.3) is 0 Å². The van der Waals surface area contributed by atoms with Crippen LogP contribution in [-0.2, 0) is 0 Å². The summed E-state index contributed by atoms with van der Waals surface area (Å²) < 4.78 is 0. The summed E-state index contributed by atoms with van der Waals surface area (Å²) in [5.41, 5.74) is 6.27. The van der Waals surface area contributed by atoms with Crippen LogP contribution in [0, 0.1) is 0 Å². The number of benzene rings is 2. The molecule has 0 saturated carbocycles. The van der Waals surface area contributed by atoms with Gasteiger partial charge < -0.3 is 15.1 Å². The van der Waals surface area contributed by atoms with E-state index in [0.29, 0.717) is 11.5 Å². The number of rotatable bonds is 10. The summed E-state index contributed by atoms with van der Waals surface area (Å²) in [5.74, 6) is 2.07. The SMILES string of the molecule is CCC(C)c1cc(N(C)c2cc(C(C)CC)c(O)c(C(C)CC)c2)cc(C(C)CC)c1O. The first-order chi connectivity index (χ1) is 15.1. The van der Waals surface area contributed by atoms with Crippen molar-refractivity contribution in [2.45, 2.75) is 105 Å². The molecule has 0 aliphatic heterocycles. The molecule has 0 fully saturated rings. The molecule has 4 unspecified atom stereocenters. The normalized spacial score (nSPS) is 15.3. The van der Waals surface area contributed by atoms with Crippen molar-refractivity contribution in [3.8, 4) is 11.5 Å². The van der Waals surface area contributed by atoms with Crippen molar-refractivity contribution in [1.82, 2.24) is 0 Å². The van der Waals surface area contributed by atoms with Crippen LogP contribution in [0.3, 0.4) is 0 Å². The largest absolute Gasteiger partial charge is 0.507 e. The van der Waals surface area contributed by atoms with Gasteiger partial charge in [-0.3, -0.25) is 0 Å². The Bertz CT molecular complexity index is 769. The number of nitrogens with zero attached hydrogens (tertiary/aromatic N) is 1. The molecule has 0 heterocycles. The van der Waals surface area contributed by atoms with Gasteiger partial charge in [-0.25, -0.2) is 0 Å². The van der Waals surface area contributed by atoms with Crippen molar-refractivity contribution in [2.24, 2.45) is 0 Å². The van der Waals surface area contributed by atoms with Crippen molar-refractivity contribution in [3.63, 3.8) is 0 Å².